The second-order valence-electron chi connectivity index (χ2n) is 4.60. The maximum absolute atomic E-state index is 12.2. The summed E-state index contributed by atoms with van der Waals surface area (Å²) >= 11 is 1.41. The van der Waals surface area contributed by atoms with Crippen molar-refractivity contribution in [2.24, 2.45) is 5.73 Å². The summed E-state index contributed by atoms with van der Waals surface area (Å²) in [7, 11) is 0. The largest absolute Gasteiger partial charge is 0.353 e. The molecule has 1 aliphatic rings. The number of rotatable bonds is 3. The Balaban J connectivity index is 1.90. The summed E-state index contributed by atoms with van der Waals surface area (Å²) in [4.78, 5) is 29.2. The average Bonchev–Trinajstić information content (AvgIpc) is 2.87. The molecule has 0 radical (unpaired) electrons. The van der Waals surface area contributed by atoms with Gasteiger partial charge in [0, 0.05) is 38.0 Å². The topological polar surface area (TPSA) is 88.3 Å². The van der Waals surface area contributed by atoms with E-state index in [-0.39, 0.29) is 17.9 Å². The van der Waals surface area contributed by atoms with Crippen molar-refractivity contribution in [1.29, 1.82) is 0 Å². The predicted octanol–water partition coefficient (Wildman–Crippen LogP) is 0.342. The molecule has 6 nitrogen and oxygen atoms in total. The monoisotopic (exact) mass is 282 g/mol. The van der Waals surface area contributed by atoms with E-state index in [1.807, 2.05) is 0 Å². The van der Waals surface area contributed by atoms with Gasteiger partial charge in [-0.25, -0.2) is 4.98 Å². The van der Waals surface area contributed by atoms with E-state index < -0.39 is 0 Å². The fourth-order valence-electron chi connectivity index (χ4n) is 2.18. The number of likely N-dealkylation sites (tertiary alicyclic amines) is 1. The highest BCUT2D eigenvalue weighted by Gasteiger charge is 2.25. The molecule has 0 saturated carbocycles. The molecule has 0 aromatic carbocycles. The number of nitrogens with zero attached hydrogens (tertiary/aromatic N) is 2. The van der Waals surface area contributed by atoms with E-state index in [0.717, 1.165) is 17.8 Å². The van der Waals surface area contributed by atoms with Gasteiger partial charge in [-0.1, -0.05) is 0 Å². The molecule has 0 atom stereocenters. The zero-order chi connectivity index (χ0) is 13.8. The number of piperidine rings is 1. The van der Waals surface area contributed by atoms with Gasteiger partial charge in [0.25, 0.3) is 5.91 Å². The Morgan fingerprint density at radius 3 is 2.74 bits per heavy atom. The third kappa shape index (κ3) is 3.51. The van der Waals surface area contributed by atoms with Crippen molar-refractivity contribution in [2.45, 2.75) is 32.4 Å². The standard InChI is InChI=1S/C12H18N4O2S/c1-8(17)14-9-2-4-16(5-3-9)12(18)10-7-19-11(6-13)15-10/h7,9H,2-6,13H2,1H3,(H,14,17). The lowest BCUT2D eigenvalue weighted by atomic mass is 10.0. The molecule has 0 spiro atoms. The minimum atomic E-state index is -0.0442. The molecule has 1 aliphatic heterocycles. The Morgan fingerprint density at radius 1 is 1.53 bits per heavy atom. The van der Waals surface area contributed by atoms with Crippen LogP contribution in [0.5, 0.6) is 0 Å². The van der Waals surface area contributed by atoms with Crippen LogP contribution in [0.15, 0.2) is 5.38 Å². The molecular formula is C12H18N4O2S. The molecule has 19 heavy (non-hydrogen) atoms. The van der Waals surface area contributed by atoms with Crippen LogP contribution >= 0.6 is 11.3 Å². The summed E-state index contributed by atoms with van der Waals surface area (Å²) in [6.45, 7) is 3.18. The highest BCUT2D eigenvalue weighted by Crippen LogP contribution is 2.16. The number of amides is 2. The SMILES string of the molecule is CC(=O)NC1CCN(C(=O)c2csc(CN)n2)CC1. The molecule has 0 unspecified atom stereocenters. The minimum Gasteiger partial charge on any atom is -0.353 e. The lowest BCUT2D eigenvalue weighted by Gasteiger charge is -2.31. The summed E-state index contributed by atoms with van der Waals surface area (Å²) in [5.41, 5.74) is 5.96. The first kappa shape index (κ1) is 14.0. The van der Waals surface area contributed by atoms with Gasteiger partial charge < -0.3 is 16.0 Å². The number of nitrogens with two attached hydrogens (primary N) is 1. The maximum Gasteiger partial charge on any atom is 0.273 e. The third-order valence-electron chi connectivity index (χ3n) is 3.14. The van der Waals surface area contributed by atoms with Crippen molar-refractivity contribution in [1.82, 2.24) is 15.2 Å². The average molecular weight is 282 g/mol. The Morgan fingerprint density at radius 2 is 2.21 bits per heavy atom. The third-order valence-corrected chi connectivity index (χ3v) is 4.01. The molecule has 7 heteroatoms. The Hall–Kier alpha value is -1.47. The molecule has 0 bridgehead atoms. The zero-order valence-corrected chi connectivity index (χ0v) is 11.7. The first-order valence-corrected chi connectivity index (χ1v) is 7.19. The highest BCUT2D eigenvalue weighted by atomic mass is 32.1. The molecule has 2 rings (SSSR count). The van der Waals surface area contributed by atoms with Crippen LogP contribution < -0.4 is 11.1 Å². The lowest BCUT2D eigenvalue weighted by molar-refractivity contribution is -0.119. The quantitative estimate of drug-likeness (QED) is 0.837. The van der Waals surface area contributed by atoms with Gasteiger partial charge in [-0.3, -0.25) is 9.59 Å². The first-order chi connectivity index (χ1) is 9.10. The van der Waals surface area contributed by atoms with Crippen LogP contribution in [-0.2, 0) is 11.3 Å². The van der Waals surface area contributed by atoms with E-state index in [1.54, 1.807) is 10.3 Å². The van der Waals surface area contributed by atoms with E-state index in [0.29, 0.717) is 25.3 Å². The van der Waals surface area contributed by atoms with Crippen molar-refractivity contribution in [3.63, 3.8) is 0 Å². The zero-order valence-electron chi connectivity index (χ0n) is 10.9. The molecule has 1 saturated heterocycles. The van der Waals surface area contributed by atoms with Crippen LogP contribution in [0.3, 0.4) is 0 Å². The number of aromatic nitrogens is 1. The van der Waals surface area contributed by atoms with Gasteiger partial charge in [-0.05, 0) is 12.8 Å². The van der Waals surface area contributed by atoms with Gasteiger partial charge in [-0.2, -0.15) is 0 Å². The summed E-state index contributed by atoms with van der Waals surface area (Å²) in [6, 6.07) is 0.177. The Kier molecular flexibility index (Phi) is 4.49. The summed E-state index contributed by atoms with van der Waals surface area (Å²) in [5.74, 6) is -0.0610. The molecule has 2 heterocycles. The molecule has 2 amide bonds. The maximum atomic E-state index is 12.2. The highest BCUT2D eigenvalue weighted by molar-refractivity contribution is 7.09. The molecule has 1 aromatic heterocycles. The molecule has 104 valence electrons. The van der Waals surface area contributed by atoms with Crippen LogP contribution in [0, 0.1) is 0 Å². The van der Waals surface area contributed by atoms with Gasteiger partial charge in [0.1, 0.15) is 10.7 Å². The van der Waals surface area contributed by atoms with Crippen molar-refractivity contribution in [2.75, 3.05) is 13.1 Å². The number of thiazole rings is 1. The van der Waals surface area contributed by atoms with Crippen molar-refractivity contribution in [3.05, 3.63) is 16.1 Å². The number of carbonyl (C=O) groups is 2. The summed E-state index contributed by atoms with van der Waals surface area (Å²) < 4.78 is 0. The van der Waals surface area contributed by atoms with E-state index >= 15 is 0 Å². The van der Waals surface area contributed by atoms with E-state index in [9.17, 15) is 9.59 Å². The Bertz CT molecular complexity index is 466. The number of hydrogen-bond acceptors (Lipinski definition) is 5. The van der Waals surface area contributed by atoms with Crippen LogP contribution in [0.2, 0.25) is 0 Å². The second-order valence-corrected chi connectivity index (χ2v) is 5.54. The van der Waals surface area contributed by atoms with E-state index in [2.05, 4.69) is 10.3 Å². The van der Waals surface area contributed by atoms with Crippen molar-refractivity contribution >= 4 is 23.2 Å². The molecule has 1 fully saturated rings. The van der Waals surface area contributed by atoms with Gasteiger partial charge in [-0.15, -0.1) is 11.3 Å². The summed E-state index contributed by atoms with van der Waals surface area (Å²) in [5, 5.41) is 5.42. The van der Waals surface area contributed by atoms with Gasteiger partial charge in [0.05, 0.1) is 0 Å². The van der Waals surface area contributed by atoms with Crippen LogP contribution in [0.4, 0.5) is 0 Å². The normalized spacial score (nSPS) is 16.4. The molecule has 0 aliphatic carbocycles. The lowest BCUT2D eigenvalue weighted by Crippen LogP contribution is -2.46. The van der Waals surface area contributed by atoms with E-state index in [1.165, 1.54) is 18.3 Å². The van der Waals surface area contributed by atoms with Gasteiger partial charge in [0.2, 0.25) is 5.91 Å². The minimum absolute atomic E-state index is 0.0168. The molecule has 1 aromatic rings. The van der Waals surface area contributed by atoms with Crippen molar-refractivity contribution < 1.29 is 9.59 Å². The first-order valence-electron chi connectivity index (χ1n) is 6.31. The molecular weight excluding hydrogens is 264 g/mol. The van der Waals surface area contributed by atoms with E-state index in [4.69, 9.17) is 5.73 Å². The fourth-order valence-corrected chi connectivity index (χ4v) is 2.83. The van der Waals surface area contributed by atoms with Crippen molar-refractivity contribution in [3.8, 4) is 0 Å². The second kappa shape index (κ2) is 6.12. The van der Waals surface area contributed by atoms with Gasteiger partial charge in [0.15, 0.2) is 0 Å². The smallest absolute Gasteiger partial charge is 0.273 e. The number of carbonyl (C=O) groups excluding carboxylic acids is 2. The summed E-state index contributed by atoms with van der Waals surface area (Å²) in [6.07, 6.45) is 1.58. The number of hydrogen-bond donors (Lipinski definition) is 2. The predicted molar refractivity (Wildman–Crippen MR) is 72.7 cm³/mol. The number of nitrogens with one attached hydrogen (secondary N) is 1. The van der Waals surface area contributed by atoms with Crippen LogP contribution in [-0.4, -0.2) is 40.8 Å². The van der Waals surface area contributed by atoms with Crippen LogP contribution in [0.1, 0.15) is 35.3 Å². The Labute approximate surface area is 116 Å². The fraction of sp³-hybridized carbons (Fsp3) is 0.583. The molecule has 3 N–H and O–H groups in total. The van der Waals surface area contributed by atoms with Crippen LogP contribution in [0.25, 0.3) is 0 Å². The van der Waals surface area contributed by atoms with Gasteiger partial charge >= 0.3 is 0 Å².